The summed E-state index contributed by atoms with van der Waals surface area (Å²) in [5.74, 6) is 3.51. The smallest absolute Gasteiger partial charge is 0.241 e. The molecule has 4 bridgehead atoms. The van der Waals surface area contributed by atoms with Crippen molar-refractivity contribution in [3.63, 3.8) is 0 Å². The van der Waals surface area contributed by atoms with Crippen LogP contribution < -0.4 is 5.32 Å². The van der Waals surface area contributed by atoms with Crippen LogP contribution >= 0.6 is 0 Å². The van der Waals surface area contributed by atoms with Crippen molar-refractivity contribution in [1.29, 1.82) is 0 Å². The average molecular weight is 379 g/mol. The lowest BCUT2D eigenvalue weighted by Gasteiger charge is -2.56. The Morgan fingerprint density at radius 3 is 2.50 bits per heavy atom. The third-order valence-corrected chi connectivity index (χ3v) is 7.98. The molecule has 7 rings (SSSR count). The van der Waals surface area contributed by atoms with E-state index in [4.69, 9.17) is 0 Å². The van der Waals surface area contributed by atoms with E-state index in [0.717, 1.165) is 35.6 Å². The molecule has 148 valence electrons. The molecule has 0 aliphatic heterocycles. The fraction of sp³-hybridized carbons (Fsp3) is 0.696. The fourth-order valence-electron chi connectivity index (χ4n) is 7.14. The first-order valence-corrected chi connectivity index (χ1v) is 11.2. The quantitative estimate of drug-likeness (QED) is 0.857. The molecule has 2 heterocycles. The van der Waals surface area contributed by atoms with Gasteiger partial charge in [0.05, 0.1) is 5.69 Å². The van der Waals surface area contributed by atoms with Gasteiger partial charge < -0.3 is 5.32 Å². The predicted octanol–water partition coefficient (Wildman–Crippen LogP) is 3.95. The molecule has 28 heavy (non-hydrogen) atoms. The first-order chi connectivity index (χ1) is 13.6. The number of carbonyl (C=O) groups is 1. The Balaban J connectivity index is 1.17. The van der Waals surface area contributed by atoms with Crippen LogP contribution in [0.3, 0.4) is 0 Å². The Kier molecular flexibility index (Phi) is 3.67. The molecule has 0 unspecified atom stereocenters. The van der Waals surface area contributed by atoms with Gasteiger partial charge in [-0.25, -0.2) is 9.67 Å². The molecule has 5 aliphatic carbocycles. The molecule has 0 spiro atoms. The van der Waals surface area contributed by atoms with Crippen LogP contribution in [-0.4, -0.2) is 27.2 Å². The molecule has 1 amide bonds. The van der Waals surface area contributed by atoms with Crippen molar-refractivity contribution in [1.82, 2.24) is 20.1 Å². The van der Waals surface area contributed by atoms with Gasteiger partial charge in [0.1, 0.15) is 6.54 Å². The molecule has 2 aromatic rings. The van der Waals surface area contributed by atoms with Gasteiger partial charge >= 0.3 is 0 Å². The maximum absolute atomic E-state index is 12.8. The predicted molar refractivity (Wildman–Crippen MR) is 108 cm³/mol. The first-order valence-electron chi connectivity index (χ1n) is 11.2. The van der Waals surface area contributed by atoms with Gasteiger partial charge in [-0.1, -0.05) is 0 Å². The number of carbonyl (C=O) groups excluding carboxylic acids is 1. The summed E-state index contributed by atoms with van der Waals surface area (Å²) in [7, 11) is 0. The molecule has 5 nitrogen and oxygen atoms in total. The van der Waals surface area contributed by atoms with Crippen molar-refractivity contribution >= 4 is 16.9 Å². The number of pyridine rings is 1. The second-order valence-corrected chi connectivity index (χ2v) is 10.3. The summed E-state index contributed by atoms with van der Waals surface area (Å²) >= 11 is 0. The molecule has 0 saturated heterocycles. The number of rotatable bonds is 5. The first kappa shape index (κ1) is 17.0. The molecule has 0 aromatic carbocycles. The van der Waals surface area contributed by atoms with Crippen LogP contribution in [0.25, 0.3) is 11.0 Å². The molecule has 0 atom stereocenters. The zero-order chi connectivity index (χ0) is 18.9. The summed E-state index contributed by atoms with van der Waals surface area (Å²) in [6.07, 6.45) is 12.7. The lowest BCUT2D eigenvalue weighted by molar-refractivity contribution is -0.124. The monoisotopic (exact) mass is 378 g/mol. The van der Waals surface area contributed by atoms with Gasteiger partial charge in [0, 0.05) is 18.1 Å². The van der Waals surface area contributed by atoms with E-state index in [1.54, 1.807) is 0 Å². The van der Waals surface area contributed by atoms with E-state index in [1.807, 2.05) is 17.8 Å². The molecule has 5 aliphatic rings. The number of aromatic nitrogens is 3. The standard InChI is InChI=1S/C23H30N4O/c1-14-21-19(18-2-3-18)4-5-24-22(21)27(26-14)12-20(28)25-13-23-9-15-6-16(10-23)8-17(7-15)11-23/h4-5,15-18H,2-3,6-13H2,1H3,(H,25,28). The van der Waals surface area contributed by atoms with Crippen LogP contribution in [-0.2, 0) is 11.3 Å². The molecule has 5 fully saturated rings. The molecule has 0 radical (unpaired) electrons. The highest BCUT2D eigenvalue weighted by atomic mass is 16.2. The maximum atomic E-state index is 12.8. The molecular weight excluding hydrogens is 348 g/mol. The van der Waals surface area contributed by atoms with Crippen molar-refractivity contribution in [2.24, 2.45) is 23.2 Å². The summed E-state index contributed by atoms with van der Waals surface area (Å²) < 4.78 is 1.81. The Bertz CT molecular complexity index is 906. The van der Waals surface area contributed by atoms with Gasteiger partial charge in [-0.3, -0.25) is 4.79 Å². The third kappa shape index (κ3) is 2.77. The third-order valence-electron chi connectivity index (χ3n) is 7.98. The van der Waals surface area contributed by atoms with Gasteiger partial charge in [0.25, 0.3) is 0 Å². The van der Waals surface area contributed by atoms with Crippen LogP contribution in [0, 0.1) is 30.1 Å². The van der Waals surface area contributed by atoms with Gasteiger partial charge in [0.15, 0.2) is 5.65 Å². The van der Waals surface area contributed by atoms with Crippen molar-refractivity contribution in [2.45, 2.75) is 70.8 Å². The van der Waals surface area contributed by atoms with Gasteiger partial charge in [-0.2, -0.15) is 5.10 Å². The van der Waals surface area contributed by atoms with E-state index in [-0.39, 0.29) is 12.5 Å². The summed E-state index contributed by atoms with van der Waals surface area (Å²) in [5.41, 5.74) is 3.61. The summed E-state index contributed by atoms with van der Waals surface area (Å²) in [6.45, 7) is 3.17. The highest BCUT2D eigenvalue weighted by Crippen LogP contribution is 2.59. The molecular formula is C23H30N4O. The van der Waals surface area contributed by atoms with E-state index >= 15 is 0 Å². The SMILES string of the molecule is Cc1nn(CC(=O)NCC23CC4CC(CC(C4)C2)C3)c2nccc(C3CC3)c12. The van der Waals surface area contributed by atoms with Crippen LogP contribution in [0.4, 0.5) is 0 Å². The van der Waals surface area contributed by atoms with E-state index < -0.39 is 0 Å². The lowest BCUT2D eigenvalue weighted by atomic mass is 9.49. The van der Waals surface area contributed by atoms with E-state index in [0.29, 0.717) is 11.3 Å². The van der Waals surface area contributed by atoms with E-state index in [9.17, 15) is 4.79 Å². The second kappa shape index (κ2) is 6.04. The Labute approximate surface area is 166 Å². The number of nitrogens with zero attached hydrogens (tertiary/aromatic N) is 3. The molecule has 5 heteroatoms. The zero-order valence-corrected chi connectivity index (χ0v) is 16.8. The summed E-state index contributed by atoms with van der Waals surface area (Å²) in [6, 6.07) is 2.13. The zero-order valence-electron chi connectivity index (χ0n) is 16.8. The van der Waals surface area contributed by atoms with Crippen LogP contribution in [0.5, 0.6) is 0 Å². The minimum atomic E-state index is 0.0822. The average Bonchev–Trinajstić information content (AvgIpc) is 3.45. The number of nitrogens with one attached hydrogen (secondary N) is 1. The van der Waals surface area contributed by atoms with Crippen molar-refractivity contribution < 1.29 is 4.79 Å². The van der Waals surface area contributed by atoms with Crippen molar-refractivity contribution in [2.75, 3.05) is 6.54 Å². The normalized spacial score (nSPS) is 33.5. The molecule has 1 N–H and O–H groups in total. The lowest BCUT2D eigenvalue weighted by Crippen LogP contribution is -2.51. The van der Waals surface area contributed by atoms with E-state index in [1.165, 1.54) is 62.3 Å². The number of fused-ring (bicyclic) bond motifs is 1. The van der Waals surface area contributed by atoms with Crippen LogP contribution in [0.1, 0.15) is 68.5 Å². The van der Waals surface area contributed by atoms with Crippen LogP contribution in [0.2, 0.25) is 0 Å². The van der Waals surface area contributed by atoms with Gasteiger partial charge in [-0.05, 0) is 99.0 Å². The van der Waals surface area contributed by atoms with Crippen molar-refractivity contribution in [3.05, 3.63) is 23.5 Å². The highest BCUT2D eigenvalue weighted by Gasteiger charge is 2.50. The van der Waals surface area contributed by atoms with Gasteiger partial charge in [-0.15, -0.1) is 0 Å². The Morgan fingerprint density at radius 1 is 1.18 bits per heavy atom. The van der Waals surface area contributed by atoms with Gasteiger partial charge in [0.2, 0.25) is 5.91 Å². The number of aryl methyl sites for hydroxylation is 1. The number of hydrogen-bond acceptors (Lipinski definition) is 3. The topological polar surface area (TPSA) is 59.8 Å². The Morgan fingerprint density at radius 2 is 1.86 bits per heavy atom. The molecule has 2 aromatic heterocycles. The minimum Gasteiger partial charge on any atom is -0.354 e. The Hall–Kier alpha value is -1.91. The van der Waals surface area contributed by atoms with Crippen LogP contribution in [0.15, 0.2) is 12.3 Å². The second-order valence-electron chi connectivity index (χ2n) is 10.3. The summed E-state index contributed by atoms with van der Waals surface area (Å²) in [5, 5.41) is 9.12. The van der Waals surface area contributed by atoms with E-state index in [2.05, 4.69) is 21.5 Å². The largest absolute Gasteiger partial charge is 0.354 e. The number of hydrogen-bond donors (Lipinski definition) is 1. The fourth-order valence-corrected chi connectivity index (χ4v) is 7.14. The van der Waals surface area contributed by atoms with Crippen molar-refractivity contribution in [3.8, 4) is 0 Å². The minimum absolute atomic E-state index is 0.0822. The highest BCUT2D eigenvalue weighted by molar-refractivity contribution is 5.85. The summed E-state index contributed by atoms with van der Waals surface area (Å²) in [4.78, 5) is 17.4. The number of amides is 1. The maximum Gasteiger partial charge on any atom is 0.241 e. The molecule has 5 saturated carbocycles.